The number of hydrogen-bond donors (Lipinski definition) is 7. The van der Waals surface area contributed by atoms with E-state index in [1.165, 1.54) is 83.5 Å². The van der Waals surface area contributed by atoms with Crippen molar-refractivity contribution in [1.82, 2.24) is 56.4 Å². The Bertz CT molecular complexity index is 4460. The fraction of sp³-hybridized carbons (Fsp3) is 0.386. The van der Waals surface area contributed by atoms with Gasteiger partial charge < -0.3 is 62.1 Å². The molecule has 6 amide bonds. The number of nitrogens with two attached hydrogens (primary N) is 1. The molecule has 5 heterocycles. The summed E-state index contributed by atoms with van der Waals surface area (Å²) in [5, 5.41) is 21.4. The smallest absolute Gasteiger partial charge is 0.251 e. The van der Waals surface area contributed by atoms with Crippen LogP contribution < -0.4 is 37.6 Å². The third kappa shape index (κ3) is 27.6. The zero-order chi connectivity index (χ0) is 85.4. The molecule has 122 heavy (non-hydrogen) atoms. The fourth-order valence-electron chi connectivity index (χ4n) is 17.2. The molecule has 5 aliphatic heterocycles. The van der Waals surface area contributed by atoms with Crippen molar-refractivity contribution < 1.29 is 28.8 Å². The van der Waals surface area contributed by atoms with Crippen LogP contribution in [0, 0.1) is 13.8 Å². The maximum atomic E-state index is 14.1. The molecule has 9 aromatic carbocycles. The zero-order valence-corrected chi connectivity index (χ0v) is 72.9. The molecule has 0 spiro atoms. The van der Waals surface area contributed by atoms with Crippen molar-refractivity contribution >= 4 is 76.3 Å². The lowest BCUT2D eigenvalue weighted by Gasteiger charge is -2.31. The van der Waals surface area contributed by atoms with Gasteiger partial charge in [-0.3, -0.25) is 28.8 Å². The van der Waals surface area contributed by atoms with Crippen molar-refractivity contribution in [2.75, 3.05) is 105 Å². The van der Waals surface area contributed by atoms with Crippen LogP contribution in [0.1, 0.15) is 166 Å². The molecule has 5 saturated heterocycles. The van der Waals surface area contributed by atoms with Crippen molar-refractivity contribution in [3.63, 3.8) is 0 Å². The summed E-state index contributed by atoms with van der Waals surface area (Å²) in [7, 11) is 0. The molecule has 18 nitrogen and oxygen atoms in total. The Morgan fingerprint density at radius 1 is 0.402 bits per heavy atom. The van der Waals surface area contributed by atoms with E-state index in [4.69, 9.17) is 40.5 Å². The van der Waals surface area contributed by atoms with E-state index >= 15 is 0 Å². The van der Waals surface area contributed by atoms with Crippen LogP contribution in [0.25, 0.3) is 6.08 Å². The number of carbonyl (C=O) groups is 6. The lowest BCUT2D eigenvalue weighted by molar-refractivity contribution is -0.133. The van der Waals surface area contributed by atoms with Crippen molar-refractivity contribution in [3.05, 3.63) is 325 Å². The number of benzene rings is 9. The van der Waals surface area contributed by atoms with Gasteiger partial charge in [-0.25, -0.2) is 0 Å². The van der Waals surface area contributed by atoms with E-state index in [1.54, 1.807) is 36.4 Å². The highest BCUT2D eigenvalue weighted by atomic mass is 35.5. The Labute approximate surface area is 737 Å². The third-order valence-electron chi connectivity index (χ3n) is 24.4. The molecular formula is C101H121Cl3N12O6. The SMILES string of the molecule is Cc1ccc(C(=O)NC[C@@H]2CCN(CC(c3ccccc3)c3ccccc3)C(=O)[C@H](CCN3CCCCC3)N2)cc1C.NCC[C@@H]1N[C@H](CNC(=O)/C=C/c2ccc(Cl)cc2)CCN(CC(c2ccccc2)c2ccccc2)C1=O.O=C(NC[C@@H]1CCN(CC(c2ccccc2)c2ccccc2)C(=O)[C@H](CCN2CCCCC2)N1)c1ccc(Cl)c(Cl)c1. The second-order valence-electron chi connectivity index (χ2n) is 33.0. The normalized spacial score (nSPS) is 19.4. The number of nitrogens with zero attached hydrogens (tertiary/aromatic N) is 5. The van der Waals surface area contributed by atoms with Crippen LogP contribution in [0.3, 0.4) is 0 Å². The predicted octanol–water partition coefficient (Wildman–Crippen LogP) is 15.5. The Morgan fingerprint density at radius 3 is 1.10 bits per heavy atom. The number of amides is 6. The molecule has 0 radical (unpaired) electrons. The first-order valence-electron chi connectivity index (χ1n) is 43.9. The molecule has 0 saturated carbocycles. The summed E-state index contributed by atoms with van der Waals surface area (Å²) in [5.74, 6) is 0.154. The van der Waals surface area contributed by atoms with E-state index in [0.717, 1.165) is 82.5 Å². The Hall–Kier alpha value is -9.83. The van der Waals surface area contributed by atoms with Crippen LogP contribution in [0.4, 0.5) is 0 Å². The summed E-state index contributed by atoms with van der Waals surface area (Å²) in [5.41, 5.74) is 17.4. The Morgan fingerprint density at radius 2 is 0.746 bits per heavy atom. The monoisotopic (exact) mass is 1700 g/mol. The van der Waals surface area contributed by atoms with Crippen LogP contribution in [0.5, 0.6) is 0 Å². The lowest BCUT2D eigenvalue weighted by atomic mass is 9.90. The molecule has 5 fully saturated rings. The second-order valence-corrected chi connectivity index (χ2v) is 34.3. The molecule has 21 heteroatoms. The molecule has 642 valence electrons. The average Bonchev–Trinajstić information content (AvgIpc) is 1.54. The highest BCUT2D eigenvalue weighted by Gasteiger charge is 2.37. The number of aryl methyl sites for hydroxylation is 2. The van der Waals surface area contributed by atoms with E-state index < -0.39 is 0 Å². The molecule has 0 aromatic heterocycles. The van der Waals surface area contributed by atoms with Gasteiger partial charge in [-0.2, -0.15) is 0 Å². The van der Waals surface area contributed by atoms with E-state index in [9.17, 15) is 28.8 Å². The zero-order valence-electron chi connectivity index (χ0n) is 70.6. The summed E-state index contributed by atoms with van der Waals surface area (Å²) in [4.78, 5) is 91.3. The Kier molecular flexibility index (Phi) is 35.7. The number of halogens is 3. The van der Waals surface area contributed by atoms with E-state index in [2.05, 4.69) is 175 Å². The molecule has 6 atom stereocenters. The first-order chi connectivity index (χ1) is 59.5. The summed E-state index contributed by atoms with van der Waals surface area (Å²) < 4.78 is 0. The molecule has 8 N–H and O–H groups in total. The van der Waals surface area contributed by atoms with Gasteiger partial charge in [-0.15, -0.1) is 0 Å². The van der Waals surface area contributed by atoms with Crippen LogP contribution in [0.15, 0.2) is 249 Å². The van der Waals surface area contributed by atoms with E-state index in [-0.39, 0.29) is 89.4 Å². The van der Waals surface area contributed by atoms with Gasteiger partial charge in [0, 0.05) is 130 Å². The quantitative estimate of drug-likeness (QED) is 0.0209. The molecule has 5 aliphatic rings. The topological polar surface area (TPSA) is 217 Å². The second kappa shape index (κ2) is 47.7. The average molecular weight is 1710 g/mol. The minimum Gasteiger partial charge on any atom is -0.351 e. The van der Waals surface area contributed by atoms with Crippen LogP contribution in [-0.4, -0.2) is 201 Å². The van der Waals surface area contributed by atoms with Gasteiger partial charge in [0.25, 0.3) is 11.8 Å². The first-order valence-corrected chi connectivity index (χ1v) is 45.0. The molecule has 14 rings (SSSR count). The maximum Gasteiger partial charge on any atom is 0.251 e. The van der Waals surface area contributed by atoms with Crippen molar-refractivity contribution in [2.45, 2.75) is 145 Å². The van der Waals surface area contributed by atoms with Gasteiger partial charge in [0.2, 0.25) is 23.6 Å². The fourth-order valence-corrected chi connectivity index (χ4v) is 17.6. The summed E-state index contributed by atoms with van der Waals surface area (Å²) in [6, 6.07) is 79.5. The number of likely N-dealkylation sites (tertiary alicyclic amines) is 2. The lowest BCUT2D eigenvalue weighted by Crippen LogP contribution is -2.50. The predicted molar refractivity (Wildman–Crippen MR) is 494 cm³/mol. The van der Waals surface area contributed by atoms with E-state index in [1.807, 2.05) is 108 Å². The highest BCUT2D eigenvalue weighted by Crippen LogP contribution is 2.32. The Balaban J connectivity index is 0.000000168. The van der Waals surface area contributed by atoms with Crippen molar-refractivity contribution in [3.8, 4) is 0 Å². The summed E-state index contributed by atoms with van der Waals surface area (Å²) >= 11 is 18.1. The highest BCUT2D eigenvalue weighted by molar-refractivity contribution is 6.42. The minimum absolute atomic E-state index is 0.0210. The molecule has 9 aromatic rings. The molecule has 0 unspecified atom stereocenters. The third-order valence-corrected chi connectivity index (χ3v) is 25.4. The molecular weight excluding hydrogens is 1580 g/mol. The van der Waals surface area contributed by atoms with Gasteiger partial charge in [0.15, 0.2) is 0 Å². The van der Waals surface area contributed by atoms with Crippen LogP contribution in [-0.2, 0) is 19.2 Å². The number of carbonyl (C=O) groups excluding carboxylic acids is 6. The number of rotatable bonds is 30. The van der Waals surface area contributed by atoms with Gasteiger partial charge in [-0.1, -0.05) is 248 Å². The summed E-state index contributed by atoms with van der Waals surface area (Å²) in [6.07, 6.45) is 15.1. The van der Waals surface area contributed by atoms with Crippen LogP contribution in [0.2, 0.25) is 15.1 Å². The van der Waals surface area contributed by atoms with Crippen molar-refractivity contribution in [1.29, 1.82) is 0 Å². The minimum atomic E-state index is -0.388. The molecule has 0 aliphatic carbocycles. The molecule has 0 bridgehead atoms. The first kappa shape index (κ1) is 91.4. The van der Waals surface area contributed by atoms with E-state index in [0.29, 0.717) is 98.1 Å². The maximum absolute atomic E-state index is 14.1. The van der Waals surface area contributed by atoms with Gasteiger partial charge >= 0.3 is 0 Å². The van der Waals surface area contributed by atoms with Crippen LogP contribution >= 0.6 is 34.8 Å². The van der Waals surface area contributed by atoms with Crippen molar-refractivity contribution in [2.24, 2.45) is 5.73 Å². The number of nitrogens with one attached hydrogen (secondary N) is 6. The number of hydrogen-bond acceptors (Lipinski definition) is 12. The number of piperidine rings is 2. The van der Waals surface area contributed by atoms with Gasteiger partial charge in [0.1, 0.15) is 0 Å². The van der Waals surface area contributed by atoms with Gasteiger partial charge in [-0.05, 0) is 209 Å². The summed E-state index contributed by atoms with van der Waals surface area (Å²) in [6.45, 7) is 15.8. The standard InChI is InChI=1S/C36H46N4O2.C34H40Cl2N4O2.C31H35ClN4O2/c1-27-16-17-31(24-28(27)2)35(41)37-25-32-18-23-40(36(42)34(38-32)19-22-39-20-10-5-11-21-39)26-33(29-12-6-3-7-13-29)30-14-8-4-9-15-30;35-30-15-14-27(22-31(30)36)33(41)37-23-28-16-21-40(34(42)32(38-28)17-20-39-18-8-3-9-19-39)24-29(25-10-4-1-5-11-25)26-12-6-2-7-13-26;32-26-14-11-23(12-15-26)13-16-30(37)34-21-27-18-20-36(31(38)29(35-27)17-19-33)22-28(24-7-3-1-4-8-24)25-9-5-2-6-10-25/h3-4,6-9,12-17,24,32-34,38H,5,10-11,18-23,25-26H2,1-2H3,(H,37,41);1-2,4-7,10-15,22,28-29,32,38H,3,8-9,16-21,23-24H2,(H,37,41);1-16,27-29,35H,17-22,33H2,(H,34,37)/b;;16-13+/t32-,34-;28-,32-;27-,29-/m000/s1. The largest absolute Gasteiger partial charge is 0.351 e. The van der Waals surface area contributed by atoms with Gasteiger partial charge in [0.05, 0.1) is 28.2 Å².